The van der Waals surface area contributed by atoms with Crippen molar-refractivity contribution in [3.63, 3.8) is 0 Å². The Morgan fingerprint density at radius 1 is 1.26 bits per heavy atom. The molecule has 0 spiro atoms. The fraction of sp³-hybridized carbons (Fsp3) is 0.444. The molecule has 0 amide bonds. The zero-order chi connectivity index (χ0) is 14.7. The number of pyridine rings is 1. The summed E-state index contributed by atoms with van der Waals surface area (Å²) >= 11 is 0. The molecule has 0 radical (unpaired) electrons. The Kier molecular flexibility index (Phi) is 4.85. The van der Waals surface area contributed by atoms with Gasteiger partial charge in [0.15, 0.2) is 0 Å². The van der Waals surface area contributed by atoms with E-state index in [1.807, 2.05) is 0 Å². The second kappa shape index (κ2) is 5.82. The minimum Gasteiger partial charge on any atom is -0.384 e. The lowest BCUT2D eigenvalue weighted by Crippen LogP contribution is -2.33. The third-order valence-corrected chi connectivity index (χ3v) is 5.56. The van der Waals surface area contributed by atoms with Crippen LogP contribution >= 0.6 is 0 Å². The monoisotopic (exact) mass is 308 g/mol. The topological polar surface area (TPSA) is 122 Å². The highest BCUT2D eigenvalue weighted by molar-refractivity contribution is 7.90. The molecule has 0 aromatic carbocycles. The van der Waals surface area contributed by atoms with Crippen LogP contribution in [0.1, 0.15) is 0 Å². The van der Waals surface area contributed by atoms with Crippen LogP contribution in [0.4, 0.5) is 5.82 Å². The van der Waals surface area contributed by atoms with E-state index in [-0.39, 0.29) is 23.0 Å². The number of aromatic nitrogens is 1. The van der Waals surface area contributed by atoms with Crippen molar-refractivity contribution in [2.24, 2.45) is 0 Å². The van der Waals surface area contributed by atoms with Gasteiger partial charge in [0.05, 0.1) is 5.75 Å². The van der Waals surface area contributed by atoms with Crippen molar-refractivity contribution in [2.75, 3.05) is 32.1 Å². The molecule has 0 aliphatic heterocycles. The van der Waals surface area contributed by atoms with E-state index in [1.54, 1.807) is 0 Å². The van der Waals surface area contributed by atoms with Crippen molar-refractivity contribution < 1.29 is 16.8 Å². The smallest absolute Gasteiger partial charge is 0.242 e. The Balaban J connectivity index is 2.70. The van der Waals surface area contributed by atoms with Crippen LogP contribution in [0, 0.1) is 0 Å². The molecule has 0 aliphatic rings. The van der Waals surface area contributed by atoms with E-state index in [0.717, 1.165) is 10.5 Å². The third-order valence-electron chi connectivity index (χ3n) is 2.28. The van der Waals surface area contributed by atoms with Crippen molar-refractivity contribution in [2.45, 2.75) is 4.90 Å². The largest absolute Gasteiger partial charge is 0.384 e. The van der Waals surface area contributed by atoms with E-state index in [4.69, 9.17) is 5.73 Å². The van der Waals surface area contributed by atoms with Gasteiger partial charge >= 0.3 is 0 Å². The minimum absolute atomic E-state index is 0.0658. The molecule has 1 aromatic heterocycles. The summed E-state index contributed by atoms with van der Waals surface area (Å²) in [5, 5.41) is 0. The van der Waals surface area contributed by atoms with Crippen LogP contribution in [-0.2, 0) is 20.0 Å². The summed E-state index contributed by atoms with van der Waals surface area (Å²) in [6.45, 7) is -0.215. The molecule has 0 saturated heterocycles. The molecule has 0 atom stereocenters. The van der Waals surface area contributed by atoms with Gasteiger partial charge in [-0.15, -0.1) is 0 Å². The SMILES string of the molecule is CN(C)S(=O)(=O)CCNS(=O)(=O)c1ccc(N)nc1. The molecule has 108 valence electrons. The molecule has 0 bridgehead atoms. The van der Waals surface area contributed by atoms with Gasteiger partial charge in [0.2, 0.25) is 20.0 Å². The van der Waals surface area contributed by atoms with Gasteiger partial charge in [-0.25, -0.2) is 30.8 Å². The second-order valence-electron chi connectivity index (χ2n) is 3.91. The number of rotatable bonds is 6. The zero-order valence-corrected chi connectivity index (χ0v) is 12.2. The van der Waals surface area contributed by atoms with Gasteiger partial charge < -0.3 is 5.73 Å². The van der Waals surface area contributed by atoms with E-state index in [1.165, 1.54) is 26.2 Å². The molecule has 8 nitrogen and oxygen atoms in total. The first kappa shape index (κ1) is 15.8. The summed E-state index contributed by atoms with van der Waals surface area (Å²) in [5.41, 5.74) is 5.35. The van der Waals surface area contributed by atoms with Gasteiger partial charge in [-0.2, -0.15) is 0 Å². The summed E-state index contributed by atoms with van der Waals surface area (Å²) in [6.07, 6.45) is 1.11. The first-order valence-corrected chi connectivity index (χ1v) is 8.36. The molecule has 19 heavy (non-hydrogen) atoms. The summed E-state index contributed by atoms with van der Waals surface area (Å²) in [5.74, 6) is -0.115. The Morgan fingerprint density at radius 3 is 2.37 bits per heavy atom. The second-order valence-corrected chi connectivity index (χ2v) is 7.98. The highest BCUT2D eigenvalue weighted by atomic mass is 32.2. The summed E-state index contributed by atoms with van der Waals surface area (Å²) in [7, 11) is -4.45. The van der Waals surface area contributed by atoms with Crippen LogP contribution in [0.5, 0.6) is 0 Å². The average molecular weight is 308 g/mol. The van der Waals surface area contributed by atoms with Crippen LogP contribution in [0.2, 0.25) is 0 Å². The molecule has 0 unspecified atom stereocenters. The third kappa shape index (κ3) is 4.42. The number of nitrogens with zero attached hydrogens (tertiary/aromatic N) is 2. The predicted octanol–water partition coefficient (Wildman–Crippen LogP) is -1.17. The van der Waals surface area contributed by atoms with Gasteiger partial charge in [0.25, 0.3) is 0 Å². The van der Waals surface area contributed by atoms with Crippen LogP contribution in [-0.4, -0.2) is 52.5 Å². The van der Waals surface area contributed by atoms with Crippen molar-refractivity contribution in [3.8, 4) is 0 Å². The van der Waals surface area contributed by atoms with Crippen LogP contribution in [0.3, 0.4) is 0 Å². The average Bonchev–Trinajstić information content (AvgIpc) is 2.28. The number of nitrogens with two attached hydrogens (primary N) is 1. The maximum absolute atomic E-state index is 11.8. The summed E-state index contributed by atoms with van der Waals surface area (Å²) < 4.78 is 49.7. The van der Waals surface area contributed by atoms with E-state index in [0.29, 0.717) is 0 Å². The molecule has 0 fully saturated rings. The Morgan fingerprint density at radius 2 is 1.89 bits per heavy atom. The summed E-state index contributed by atoms with van der Waals surface area (Å²) in [6, 6.07) is 2.65. The molecule has 1 heterocycles. The fourth-order valence-corrected chi connectivity index (χ4v) is 2.95. The number of anilines is 1. The Bertz CT molecular complexity index is 623. The lowest BCUT2D eigenvalue weighted by atomic mass is 10.5. The predicted molar refractivity (Wildman–Crippen MR) is 71.3 cm³/mol. The Labute approximate surface area is 112 Å². The molecule has 0 aliphatic carbocycles. The molecule has 10 heteroatoms. The quantitative estimate of drug-likeness (QED) is 0.683. The van der Waals surface area contributed by atoms with Gasteiger partial charge in [-0.1, -0.05) is 0 Å². The van der Waals surface area contributed by atoms with Crippen molar-refractivity contribution in [1.82, 2.24) is 14.0 Å². The minimum atomic E-state index is -3.78. The van der Waals surface area contributed by atoms with E-state index in [9.17, 15) is 16.8 Å². The van der Waals surface area contributed by atoms with Crippen molar-refractivity contribution >= 4 is 25.9 Å². The molecule has 1 aromatic rings. The van der Waals surface area contributed by atoms with Crippen LogP contribution in [0.15, 0.2) is 23.2 Å². The fourth-order valence-electron chi connectivity index (χ4n) is 1.12. The molecule has 3 N–H and O–H groups in total. The van der Waals surface area contributed by atoms with E-state index >= 15 is 0 Å². The maximum atomic E-state index is 11.8. The van der Waals surface area contributed by atoms with Gasteiger partial charge in [0, 0.05) is 26.8 Å². The van der Waals surface area contributed by atoms with Crippen molar-refractivity contribution in [1.29, 1.82) is 0 Å². The summed E-state index contributed by atoms with van der Waals surface area (Å²) in [4.78, 5) is 3.60. The molecule has 0 saturated carbocycles. The first-order chi connectivity index (χ1) is 8.65. The number of hydrogen-bond donors (Lipinski definition) is 2. The van der Waals surface area contributed by atoms with Gasteiger partial charge in [0.1, 0.15) is 10.7 Å². The van der Waals surface area contributed by atoms with E-state index < -0.39 is 20.0 Å². The van der Waals surface area contributed by atoms with Gasteiger partial charge in [-0.3, -0.25) is 0 Å². The Hall–Kier alpha value is -1.23. The molecular formula is C9H16N4O4S2. The number of nitrogen functional groups attached to an aromatic ring is 1. The molecular weight excluding hydrogens is 292 g/mol. The van der Waals surface area contributed by atoms with E-state index in [2.05, 4.69) is 9.71 Å². The van der Waals surface area contributed by atoms with Crippen LogP contribution in [0.25, 0.3) is 0 Å². The lowest BCUT2D eigenvalue weighted by Gasteiger charge is -2.11. The van der Waals surface area contributed by atoms with Crippen molar-refractivity contribution in [3.05, 3.63) is 18.3 Å². The molecule has 1 rings (SSSR count). The first-order valence-electron chi connectivity index (χ1n) is 5.26. The number of sulfonamides is 2. The maximum Gasteiger partial charge on any atom is 0.242 e. The standard InChI is InChI=1S/C9H16N4O4S2/c1-13(2)18(14,15)6-5-12-19(16,17)8-3-4-9(10)11-7-8/h3-4,7,12H,5-6H2,1-2H3,(H2,10,11). The lowest BCUT2D eigenvalue weighted by molar-refractivity contribution is 0.519. The van der Waals surface area contributed by atoms with Gasteiger partial charge in [-0.05, 0) is 12.1 Å². The normalized spacial score (nSPS) is 12.8. The number of hydrogen-bond acceptors (Lipinski definition) is 6. The van der Waals surface area contributed by atoms with Crippen LogP contribution < -0.4 is 10.5 Å². The zero-order valence-electron chi connectivity index (χ0n) is 10.6. The highest BCUT2D eigenvalue weighted by Crippen LogP contribution is 2.08. The highest BCUT2D eigenvalue weighted by Gasteiger charge is 2.17. The number of nitrogens with one attached hydrogen (secondary N) is 1.